The molecule has 0 aliphatic heterocycles. The first-order valence-electron chi connectivity index (χ1n) is 4.71. The number of nitrogens with zero attached hydrogens (tertiary/aromatic N) is 1. The van der Waals surface area contributed by atoms with Crippen LogP contribution in [0.15, 0.2) is 18.2 Å². The zero-order valence-electron chi connectivity index (χ0n) is 9.17. The lowest BCUT2D eigenvalue weighted by Crippen LogP contribution is -2.29. The van der Waals surface area contributed by atoms with Crippen LogP contribution in [0.1, 0.15) is 5.56 Å². The van der Waals surface area contributed by atoms with Crippen LogP contribution in [0.25, 0.3) is 0 Å². The fraction of sp³-hybridized carbons (Fsp3) is 0.364. The number of amides is 1. The molecule has 0 spiro atoms. The van der Waals surface area contributed by atoms with Crippen LogP contribution < -0.4 is 5.32 Å². The van der Waals surface area contributed by atoms with Crippen molar-refractivity contribution in [2.24, 2.45) is 0 Å². The molecule has 15 heavy (non-hydrogen) atoms. The number of hydrogen-bond donors (Lipinski definition) is 1. The molecule has 82 valence electrons. The lowest BCUT2D eigenvalue weighted by Gasteiger charge is -2.13. The van der Waals surface area contributed by atoms with E-state index in [-0.39, 0.29) is 18.3 Å². The SMILES string of the molecule is Cc1cccc(F)c1NCC(=O)N(C)C. The van der Waals surface area contributed by atoms with Gasteiger partial charge in [0.1, 0.15) is 5.82 Å². The van der Waals surface area contributed by atoms with Gasteiger partial charge in [-0.15, -0.1) is 0 Å². The molecule has 4 heteroatoms. The Morgan fingerprint density at radius 3 is 2.67 bits per heavy atom. The Bertz CT molecular complexity index is 343. The van der Waals surface area contributed by atoms with E-state index in [9.17, 15) is 9.18 Å². The quantitative estimate of drug-likeness (QED) is 0.822. The molecule has 0 saturated heterocycles. The Labute approximate surface area is 88.9 Å². The fourth-order valence-electron chi connectivity index (χ4n) is 1.18. The highest BCUT2D eigenvalue weighted by Gasteiger charge is 2.07. The van der Waals surface area contributed by atoms with Gasteiger partial charge in [0, 0.05) is 14.1 Å². The Balaban J connectivity index is 2.69. The maximum absolute atomic E-state index is 13.3. The van der Waals surface area contributed by atoms with Crippen LogP contribution in [0.3, 0.4) is 0 Å². The second kappa shape index (κ2) is 4.77. The highest BCUT2D eigenvalue weighted by Crippen LogP contribution is 2.18. The van der Waals surface area contributed by atoms with Crippen molar-refractivity contribution < 1.29 is 9.18 Å². The molecule has 0 fully saturated rings. The summed E-state index contributed by atoms with van der Waals surface area (Å²) in [6.45, 7) is 1.90. The van der Waals surface area contributed by atoms with E-state index in [2.05, 4.69) is 5.32 Å². The summed E-state index contributed by atoms with van der Waals surface area (Å²) in [5.41, 5.74) is 1.19. The largest absolute Gasteiger partial charge is 0.374 e. The van der Waals surface area contributed by atoms with Gasteiger partial charge >= 0.3 is 0 Å². The molecular formula is C11H15FN2O. The van der Waals surface area contributed by atoms with E-state index in [4.69, 9.17) is 0 Å². The van der Waals surface area contributed by atoms with Crippen molar-refractivity contribution in [1.29, 1.82) is 0 Å². The van der Waals surface area contributed by atoms with E-state index in [1.807, 2.05) is 0 Å². The first-order valence-corrected chi connectivity index (χ1v) is 4.71. The molecule has 3 nitrogen and oxygen atoms in total. The predicted octanol–water partition coefficient (Wildman–Crippen LogP) is 1.63. The molecule has 0 aromatic heterocycles. The second-order valence-electron chi connectivity index (χ2n) is 3.57. The molecule has 0 bridgehead atoms. The van der Waals surface area contributed by atoms with E-state index in [1.165, 1.54) is 11.0 Å². The second-order valence-corrected chi connectivity index (χ2v) is 3.57. The minimum atomic E-state index is -0.332. The Kier molecular flexibility index (Phi) is 3.66. The molecule has 0 radical (unpaired) electrons. The van der Waals surface area contributed by atoms with Crippen LogP contribution in [0.4, 0.5) is 10.1 Å². The van der Waals surface area contributed by atoms with Gasteiger partial charge in [0.25, 0.3) is 0 Å². The van der Waals surface area contributed by atoms with Gasteiger partial charge in [0.15, 0.2) is 0 Å². The van der Waals surface area contributed by atoms with E-state index in [0.717, 1.165) is 5.56 Å². The van der Waals surface area contributed by atoms with Gasteiger partial charge in [0.05, 0.1) is 12.2 Å². The summed E-state index contributed by atoms with van der Waals surface area (Å²) in [6, 6.07) is 4.81. The highest BCUT2D eigenvalue weighted by atomic mass is 19.1. The first-order chi connectivity index (χ1) is 7.02. The van der Waals surface area contributed by atoms with Crippen LogP contribution in [0.2, 0.25) is 0 Å². The monoisotopic (exact) mass is 210 g/mol. The summed E-state index contributed by atoms with van der Waals surface area (Å²) in [6.07, 6.45) is 0. The third-order valence-corrected chi connectivity index (χ3v) is 2.14. The molecule has 0 atom stereocenters. The third-order valence-electron chi connectivity index (χ3n) is 2.14. The third kappa shape index (κ3) is 2.94. The zero-order valence-corrected chi connectivity index (χ0v) is 9.17. The van der Waals surface area contributed by atoms with Crippen molar-refractivity contribution in [1.82, 2.24) is 4.90 Å². The van der Waals surface area contributed by atoms with Gasteiger partial charge < -0.3 is 10.2 Å². The summed E-state index contributed by atoms with van der Waals surface area (Å²) < 4.78 is 13.3. The maximum Gasteiger partial charge on any atom is 0.241 e. The lowest BCUT2D eigenvalue weighted by atomic mass is 10.2. The van der Waals surface area contributed by atoms with Gasteiger partial charge in [-0.3, -0.25) is 4.79 Å². The molecule has 0 saturated carbocycles. The highest BCUT2D eigenvalue weighted by molar-refractivity contribution is 5.80. The number of aryl methyl sites for hydroxylation is 1. The minimum Gasteiger partial charge on any atom is -0.374 e. The van der Waals surface area contributed by atoms with Gasteiger partial charge in [0.2, 0.25) is 5.91 Å². The molecule has 1 N–H and O–H groups in total. The number of anilines is 1. The minimum absolute atomic E-state index is 0.0855. The molecule has 0 unspecified atom stereocenters. The van der Waals surface area contributed by atoms with Crippen LogP contribution in [-0.2, 0) is 4.79 Å². The van der Waals surface area contributed by atoms with Gasteiger partial charge in [-0.2, -0.15) is 0 Å². The number of carbonyl (C=O) groups is 1. The Hall–Kier alpha value is -1.58. The van der Waals surface area contributed by atoms with Crippen LogP contribution >= 0.6 is 0 Å². The number of hydrogen-bond acceptors (Lipinski definition) is 2. The molecule has 0 aliphatic carbocycles. The summed E-state index contributed by atoms with van der Waals surface area (Å²) in [4.78, 5) is 12.7. The molecule has 1 amide bonds. The molecule has 1 rings (SSSR count). The van der Waals surface area contributed by atoms with E-state index >= 15 is 0 Å². The average molecular weight is 210 g/mol. The van der Waals surface area contributed by atoms with Gasteiger partial charge in [-0.1, -0.05) is 12.1 Å². The summed E-state index contributed by atoms with van der Waals surface area (Å²) in [5, 5.41) is 2.80. The molecule has 0 aliphatic rings. The average Bonchev–Trinajstić information content (AvgIpc) is 2.16. The zero-order chi connectivity index (χ0) is 11.4. The van der Waals surface area contributed by atoms with E-state index in [1.54, 1.807) is 33.2 Å². The first kappa shape index (κ1) is 11.5. The predicted molar refractivity (Wildman–Crippen MR) is 58.3 cm³/mol. The smallest absolute Gasteiger partial charge is 0.241 e. The van der Waals surface area contributed by atoms with Crippen LogP contribution in [0, 0.1) is 12.7 Å². The number of rotatable bonds is 3. The lowest BCUT2D eigenvalue weighted by molar-refractivity contribution is -0.126. The number of nitrogens with one attached hydrogen (secondary N) is 1. The summed E-state index contributed by atoms with van der Waals surface area (Å²) in [5.74, 6) is -0.417. The van der Waals surface area contributed by atoms with Gasteiger partial charge in [-0.05, 0) is 18.6 Å². The van der Waals surface area contributed by atoms with Crippen molar-refractivity contribution in [2.75, 3.05) is 26.0 Å². The number of likely N-dealkylation sites (N-methyl/N-ethyl adjacent to an activating group) is 1. The summed E-state index contributed by atoms with van der Waals surface area (Å²) >= 11 is 0. The topological polar surface area (TPSA) is 32.3 Å². The standard InChI is InChI=1S/C11H15FN2O/c1-8-5-4-6-9(12)11(8)13-7-10(15)14(2)3/h4-6,13H,7H2,1-3H3. The van der Waals surface area contributed by atoms with Crippen molar-refractivity contribution in [3.63, 3.8) is 0 Å². The van der Waals surface area contributed by atoms with E-state index < -0.39 is 0 Å². The van der Waals surface area contributed by atoms with Gasteiger partial charge in [-0.25, -0.2) is 4.39 Å². The fourth-order valence-corrected chi connectivity index (χ4v) is 1.18. The molecule has 1 aromatic rings. The normalized spacial score (nSPS) is 9.87. The molecule has 0 heterocycles. The van der Waals surface area contributed by atoms with Crippen molar-refractivity contribution in [2.45, 2.75) is 6.92 Å². The van der Waals surface area contributed by atoms with Crippen LogP contribution in [-0.4, -0.2) is 31.4 Å². The number of halogens is 1. The molecule has 1 aromatic carbocycles. The summed E-state index contributed by atoms with van der Waals surface area (Å²) in [7, 11) is 3.33. The maximum atomic E-state index is 13.3. The number of carbonyl (C=O) groups excluding carboxylic acids is 1. The van der Waals surface area contributed by atoms with Crippen molar-refractivity contribution in [3.05, 3.63) is 29.6 Å². The number of benzene rings is 1. The van der Waals surface area contributed by atoms with Crippen molar-refractivity contribution in [3.8, 4) is 0 Å². The van der Waals surface area contributed by atoms with E-state index in [0.29, 0.717) is 5.69 Å². The Morgan fingerprint density at radius 1 is 1.47 bits per heavy atom. The van der Waals surface area contributed by atoms with Crippen LogP contribution in [0.5, 0.6) is 0 Å². The molecular weight excluding hydrogens is 195 g/mol. The van der Waals surface area contributed by atoms with Crippen molar-refractivity contribution >= 4 is 11.6 Å². The Morgan fingerprint density at radius 2 is 2.13 bits per heavy atom. The number of para-hydroxylation sites is 1.